The monoisotopic (exact) mass is 489 g/mol. The van der Waals surface area contributed by atoms with Crippen molar-refractivity contribution in [3.05, 3.63) is 76.9 Å². The van der Waals surface area contributed by atoms with Crippen LogP contribution in [0.3, 0.4) is 0 Å². The van der Waals surface area contributed by atoms with Gasteiger partial charge in [-0.3, -0.25) is 14.6 Å². The molecule has 0 unspecified atom stereocenters. The Bertz CT molecular complexity index is 1140. The van der Waals surface area contributed by atoms with Crippen LogP contribution in [0.15, 0.2) is 54.6 Å². The molecule has 0 saturated carbocycles. The van der Waals surface area contributed by atoms with Crippen molar-refractivity contribution in [1.82, 2.24) is 14.9 Å². The summed E-state index contributed by atoms with van der Waals surface area (Å²) in [6.07, 6.45) is 2.84. The van der Waals surface area contributed by atoms with Gasteiger partial charge in [-0.15, -0.1) is 0 Å². The van der Waals surface area contributed by atoms with Crippen LogP contribution in [0.1, 0.15) is 48.4 Å². The Kier molecular flexibility index (Phi) is 8.86. The van der Waals surface area contributed by atoms with E-state index in [2.05, 4.69) is 58.2 Å². The van der Waals surface area contributed by atoms with Crippen LogP contribution >= 0.6 is 0 Å². The molecule has 0 saturated heterocycles. The molecule has 0 spiro atoms. The zero-order chi connectivity index (χ0) is 25.3. The molecule has 1 aromatic heterocycles. The number of benzene rings is 2. The van der Waals surface area contributed by atoms with Crippen LogP contribution < -0.4 is 15.4 Å². The Hall–Kier alpha value is -3.49. The van der Waals surface area contributed by atoms with E-state index in [0.29, 0.717) is 30.4 Å². The number of nitrogens with two attached hydrogens (primary N) is 1. The molecule has 4 rings (SSSR count). The zero-order valence-electron chi connectivity index (χ0n) is 20.9. The maximum atomic E-state index is 12.8. The third-order valence-electron chi connectivity index (χ3n) is 6.26. The van der Waals surface area contributed by atoms with Gasteiger partial charge in [0, 0.05) is 31.8 Å². The van der Waals surface area contributed by atoms with Crippen molar-refractivity contribution in [2.24, 2.45) is 0 Å². The van der Waals surface area contributed by atoms with Gasteiger partial charge in [0.1, 0.15) is 11.6 Å². The molecule has 1 aliphatic heterocycles. The third kappa shape index (κ3) is 6.59. The number of carbonyl (C=O) groups is 1. The van der Waals surface area contributed by atoms with E-state index in [1.165, 1.54) is 11.1 Å². The lowest BCUT2D eigenvalue weighted by Crippen LogP contribution is -2.27. The summed E-state index contributed by atoms with van der Waals surface area (Å²) in [5, 5.41) is 9.32. The average Bonchev–Trinajstić information content (AvgIpc) is 3.20. The van der Waals surface area contributed by atoms with Crippen molar-refractivity contribution >= 4 is 17.5 Å². The van der Waals surface area contributed by atoms with E-state index >= 15 is 0 Å². The number of nitrogen functional groups attached to an aromatic ring is 1. The minimum absolute atomic E-state index is 0.0428. The molecule has 0 fully saturated rings. The van der Waals surface area contributed by atoms with Crippen molar-refractivity contribution in [1.29, 1.82) is 0 Å². The van der Waals surface area contributed by atoms with Crippen LogP contribution in [-0.2, 0) is 30.8 Å². The fourth-order valence-corrected chi connectivity index (χ4v) is 4.30. The number of aliphatic hydroxyl groups excluding tert-OH is 1. The van der Waals surface area contributed by atoms with Gasteiger partial charge in [-0.1, -0.05) is 67.9 Å². The number of hydrogen-bond acceptors (Lipinski definition) is 7. The summed E-state index contributed by atoms with van der Waals surface area (Å²) < 4.78 is 5.65. The van der Waals surface area contributed by atoms with Gasteiger partial charge >= 0.3 is 6.01 Å². The van der Waals surface area contributed by atoms with Gasteiger partial charge in [-0.2, -0.15) is 9.97 Å². The molecule has 0 bridgehead atoms. The van der Waals surface area contributed by atoms with Crippen molar-refractivity contribution < 1.29 is 14.6 Å². The van der Waals surface area contributed by atoms with Crippen LogP contribution in [0.4, 0.5) is 11.6 Å². The van der Waals surface area contributed by atoms with Gasteiger partial charge in [-0.05, 0) is 29.5 Å². The zero-order valence-corrected chi connectivity index (χ0v) is 20.9. The van der Waals surface area contributed by atoms with Crippen molar-refractivity contribution in [2.45, 2.75) is 52.2 Å². The van der Waals surface area contributed by atoms with E-state index in [1.54, 1.807) is 4.90 Å². The average molecular weight is 490 g/mol. The quantitative estimate of drug-likeness (QED) is 0.353. The van der Waals surface area contributed by atoms with Gasteiger partial charge in [0.15, 0.2) is 0 Å². The molecule has 8 nitrogen and oxygen atoms in total. The molecule has 0 radical (unpaired) electrons. The normalized spacial score (nSPS) is 12.9. The third-order valence-corrected chi connectivity index (χ3v) is 6.26. The summed E-state index contributed by atoms with van der Waals surface area (Å²) in [7, 11) is 0. The standard InChI is InChI=1S/C28H35N5O3/c1-2-3-16-36-28-30-26(29)24-17-25(35)33(27(24)31-28)20-23-12-10-22(11-13-23)19-32(14-7-15-34)18-21-8-5-4-6-9-21/h4-6,8-13,34H,2-3,7,14-20H2,1H3,(H2,29,30,31). The molecule has 1 aliphatic rings. The first-order valence-electron chi connectivity index (χ1n) is 12.6. The first-order chi connectivity index (χ1) is 17.6. The topological polar surface area (TPSA) is 105 Å². The maximum absolute atomic E-state index is 12.8. The summed E-state index contributed by atoms with van der Waals surface area (Å²) in [6.45, 7) is 5.61. The molecule has 3 N–H and O–H groups in total. The minimum atomic E-state index is -0.0428. The molecule has 0 atom stereocenters. The molecule has 2 aromatic carbocycles. The summed E-state index contributed by atoms with van der Waals surface area (Å²) in [4.78, 5) is 25.5. The van der Waals surface area contributed by atoms with E-state index in [-0.39, 0.29) is 24.9 Å². The van der Waals surface area contributed by atoms with Crippen LogP contribution in [0.5, 0.6) is 6.01 Å². The predicted molar refractivity (Wildman–Crippen MR) is 140 cm³/mol. The maximum Gasteiger partial charge on any atom is 0.320 e. The number of ether oxygens (including phenoxy) is 1. The number of aromatic nitrogens is 2. The van der Waals surface area contributed by atoms with Crippen molar-refractivity contribution in [3.63, 3.8) is 0 Å². The second kappa shape index (κ2) is 12.5. The smallest absolute Gasteiger partial charge is 0.320 e. The van der Waals surface area contributed by atoms with Crippen LogP contribution in [0, 0.1) is 0 Å². The summed E-state index contributed by atoms with van der Waals surface area (Å²) in [5.41, 5.74) is 10.2. The number of carbonyl (C=O) groups excluding carboxylic acids is 1. The number of hydrogen-bond donors (Lipinski definition) is 2. The lowest BCUT2D eigenvalue weighted by Gasteiger charge is -2.23. The van der Waals surface area contributed by atoms with E-state index in [9.17, 15) is 9.90 Å². The van der Waals surface area contributed by atoms with E-state index in [0.717, 1.165) is 44.5 Å². The molecule has 8 heteroatoms. The largest absolute Gasteiger partial charge is 0.463 e. The highest BCUT2D eigenvalue weighted by molar-refractivity contribution is 6.01. The van der Waals surface area contributed by atoms with Crippen molar-refractivity contribution in [2.75, 3.05) is 30.4 Å². The van der Waals surface area contributed by atoms with Gasteiger partial charge in [0.2, 0.25) is 5.91 Å². The summed E-state index contributed by atoms with van der Waals surface area (Å²) in [6, 6.07) is 18.9. The fourth-order valence-electron chi connectivity index (χ4n) is 4.30. The Balaban J connectivity index is 1.43. The molecule has 3 aromatic rings. The lowest BCUT2D eigenvalue weighted by molar-refractivity contribution is -0.117. The number of amides is 1. The second-order valence-corrected chi connectivity index (χ2v) is 9.14. The van der Waals surface area contributed by atoms with Crippen LogP contribution in [0.2, 0.25) is 0 Å². The highest BCUT2D eigenvalue weighted by atomic mass is 16.5. The molecule has 1 amide bonds. The number of unbranched alkanes of at least 4 members (excludes halogenated alkanes) is 1. The second-order valence-electron chi connectivity index (χ2n) is 9.14. The van der Waals surface area contributed by atoms with Crippen molar-refractivity contribution in [3.8, 4) is 6.01 Å². The van der Waals surface area contributed by atoms with Gasteiger partial charge in [0.05, 0.1) is 19.6 Å². The first kappa shape index (κ1) is 25.6. The Morgan fingerprint density at radius 3 is 2.39 bits per heavy atom. The van der Waals surface area contributed by atoms with E-state index < -0.39 is 0 Å². The lowest BCUT2D eigenvalue weighted by atomic mass is 10.1. The number of nitrogens with zero attached hydrogens (tertiary/aromatic N) is 4. The molecule has 2 heterocycles. The fraction of sp³-hybridized carbons (Fsp3) is 0.393. The van der Waals surface area contributed by atoms with Gasteiger partial charge < -0.3 is 15.6 Å². The number of aliphatic hydroxyl groups is 1. The Morgan fingerprint density at radius 1 is 1.00 bits per heavy atom. The highest BCUT2D eigenvalue weighted by Gasteiger charge is 2.32. The molecular formula is C28H35N5O3. The van der Waals surface area contributed by atoms with Gasteiger partial charge in [-0.25, -0.2) is 0 Å². The Labute approximate surface area is 212 Å². The number of fused-ring (bicyclic) bond motifs is 1. The van der Waals surface area contributed by atoms with E-state index in [4.69, 9.17) is 10.5 Å². The SMILES string of the molecule is CCCCOc1nc(N)c2c(n1)N(Cc1ccc(CN(CCCO)Cc3ccccc3)cc1)C(=O)C2. The molecule has 36 heavy (non-hydrogen) atoms. The summed E-state index contributed by atoms with van der Waals surface area (Å²) in [5.74, 6) is 0.805. The minimum Gasteiger partial charge on any atom is -0.463 e. The van der Waals surface area contributed by atoms with E-state index in [1.807, 2.05) is 18.2 Å². The number of rotatable bonds is 13. The summed E-state index contributed by atoms with van der Waals surface area (Å²) >= 11 is 0. The first-order valence-corrected chi connectivity index (χ1v) is 12.6. The van der Waals surface area contributed by atoms with Gasteiger partial charge in [0.25, 0.3) is 0 Å². The molecular weight excluding hydrogens is 454 g/mol. The Morgan fingerprint density at radius 2 is 1.69 bits per heavy atom. The molecule has 190 valence electrons. The van der Waals surface area contributed by atoms with Crippen LogP contribution in [-0.4, -0.2) is 45.6 Å². The van der Waals surface area contributed by atoms with Crippen LogP contribution in [0.25, 0.3) is 0 Å². The molecule has 0 aliphatic carbocycles. The number of anilines is 2. The predicted octanol–water partition coefficient (Wildman–Crippen LogP) is 3.71. The highest BCUT2D eigenvalue weighted by Crippen LogP contribution is 2.33.